The molecule has 128 valence electrons. The standard InChI is InChI=1S/C17H16Cl3NO3/c1-23-15-7-5-12(10-14(15)20)21-17(22)3-2-8-24-16-6-4-11(18)9-13(16)19/h4-7,9-10H,2-3,8H2,1H3,(H,21,22). The van der Waals surface area contributed by atoms with E-state index in [1.165, 1.54) is 7.11 Å². The number of ether oxygens (including phenoxy) is 2. The molecule has 2 aromatic rings. The molecule has 2 aromatic carbocycles. The Hall–Kier alpha value is -1.62. The first-order valence-electron chi connectivity index (χ1n) is 7.21. The largest absolute Gasteiger partial charge is 0.495 e. The smallest absolute Gasteiger partial charge is 0.224 e. The van der Waals surface area contributed by atoms with Crippen LogP contribution in [0.5, 0.6) is 11.5 Å². The van der Waals surface area contributed by atoms with Crippen molar-refractivity contribution in [2.45, 2.75) is 12.8 Å². The third-order valence-corrected chi connectivity index (χ3v) is 3.96. The molecule has 0 saturated carbocycles. The number of benzene rings is 2. The van der Waals surface area contributed by atoms with Crippen LogP contribution >= 0.6 is 34.8 Å². The van der Waals surface area contributed by atoms with Gasteiger partial charge in [-0.05, 0) is 42.8 Å². The Bertz CT molecular complexity index is 722. The molecule has 4 nitrogen and oxygen atoms in total. The molecule has 1 N–H and O–H groups in total. The highest BCUT2D eigenvalue weighted by atomic mass is 35.5. The molecule has 0 unspecified atom stereocenters. The van der Waals surface area contributed by atoms with Crippen LogP contribution in [-0.2, 0) is 4.79 Å². The van der Waals surface area contributed by atoms with Gasteiger partial charge in [0.1, 0.15) is 11.5 Å². The molecule has 0 saturated heterocycles. The summed E-state index contributed by atoms with van der Waals surface area (Å²) >= 11 is 17.8. The van der Waals surface area contributed by atoms with Crippen LogP contribution in [0.3, 0.4) is 0 Å². The van der Waals surface area contributed by atoms with E-state index in [2.05, 4.69) is 5.32 Å². The molecular weight excluding hydrogens is 373 g/mol. The van der Waals surface area contributed by atoms with Crippen LogP contribution in [0.25, 0.3) is 0 Å². The lowest BCUT2D eigenvalue weighted by Crippen LogP contribution is -2.12. The average molecular weight is 389 g/mol. The third-order valence-electron chi connectivity index (χ3n) is 3.14. The monoisotopic (exact) mass is 387 g/mol. The molecule has 0 radical (unpaired) electrons. The lowest BCUT2D eigenvalue weighted by Gasteiger charge is -2.09. The summed E-state index contributed by atoms with van der Waals surface area (Å²) in [6.07, 6.45) is 0.865. The van der Waals surface area contributed by atoms with Crippen molar-refractivity contribution in [3.63, 3.8) is 0 Å². The molecule has 0 heterocycles. The van der Waals surface area contributed by atoms with Gasteiger partial charge in [0, 0.05) is 17.1 Å². The molecule has 0 aliphatic rings. The molecule has 2 rings (SSSR count). The van der Waals surface area contributed by atoms with Crippen molar-refractivity contribution in [1.82, 2.24) is 0 Å². The highest BCUT2D eigenvalue weighted by Gasteiger charge is 2.07. The Balaban J connectivity index is 1.76. The summed E-state index contributed by atoms with van der Waals surface area (Å²) in [5, 5.41) is 4.20. The molecule has 7 heteroatoms. The van der Waals surface area contributed by atoms with E-state index in [1.807, 2.05) is 0 Å². The zero-order chi connectivity index (χ0) is 17.5. The predicted octanol–water partition coefficient (Wildman–Crippen LogP) is 5.45. The van der Waals surface area contributed by atoms with Gasteiger partial charge in [0.25, 0.3) is 0 Å². The number of anilines is 1. The van der Waals surface area contributed by atoms with E-state index in [9.17, 15) is 4.79 Å². The fourth-order valence-corrected chi connectivity index (χ4v) is 2.70. The van der Waals surface area contributed by atoms with Gasteiger partial charge in [-0.1, -0.05) is 34.8 Å². The van der Waals surface area contributed by atoms with Gasteiger partial charge in [-0.15, -0.1) is 0 Å². The van der Waals surface area contributed by atoms with E-state index in [4.69, 9.17) is 44.3 Å². The predicted molar refractivity (Wildman–Crippen MR) is 97.8 cm³/mol. The molecule has 0 aromatic heterocycles. The number of methoxy groups -OCH3 is 1. The molecule has 1 amide bonds. The van der Waals surface area contributed by atoms with Crippen LogP contribution in [0.1, 0.15) is 12.8 Å². The summed E-state index contributed by atoms with van der Waals surface area (Å²) in [5.41, 5.74) is 0.618. The van der Waals surface area contributed by atoms with Crippen LogP contribution in [0.4, 0.5) is 5.69 Å². The van der Waals surface area contributed by atoms with Gasteiger partial charge in [-0.3, -0.25) is 4.79 Å². The average Bonchev–Trinajstić information content (AvgIpc) is 2.53. The van der Waals surface area contributed by atoms with Crippen LogP contribution in [0.2, 0.25) is 15.1 Å². The van der Waals surface area contributed by atoms with Crippen molar-refractivity contribution >= 4 is 46.4 Å². The number of rotatable bonds is 7. The normalized spacial score (nSPS) is 10.3. The maximum atomic E-state index is 11.9. The van der Waals surface area contributed by atoms with Crippen LogP contribution in [-0.4, -0.2) is 19.6 Å². The zero-order valence-electron chi connectivity index (χ0n) is 12.9. The second-order valence-corrected chi connectivity index (χ2v) is 6.18. The van der Waals surface area contributed by atoms with E-state index in [0.717, 1.165) is 0 Å². The number of amides is 1. The van der Waals surface area contributed by atoms with Crippen molar-refractivity contribution < 1.29 is 14.3 Å². The lowest BCUT2D eigenvalue weighted by molar-refractivity contribution is -0.116. The molecule has 0 spiro atoms. The van der Waals surface area contributed by atoms with Crippen molar-refractivity contribution in [2.24, 2.45) is 0 Å². The first-order valence-corrected chi connectivity index (χ1v) is 8.34. The van der Waals surface area contributed by atoms with Gasteiger partial charge in [-0.25, -0.2) is 0 Å². The number of hydrogen-bond donors (Lipinski definition) is 1. The molecule has 0 fully saturated rings. The highest BCUT2D eigenvalue weighted by molar-refractivity contribution is 6.35. The Labute approximate surface area is 155 Å². The maximum absolute atomic E-state index is 11.9. The Morgan fingerprint density at radius 3 is 2.42 bits per heavy atom. The van der Waals surface area contributed by atoms with Crippen LogP contribution in [0, 0.1) is 0 Å². The minimum absolute atomic E-state index is 0.123. The first-order chi connectivity index (χ1) is 11.5. The Kier molecular flexibility index (Phi) is 7.03. The fourth-order valence-electron chi connectivity index (χ4n) is 1.97. The minimum Gasteiger partial charge on any atom is -0.495 e. The first kappa shape index (κ1) is 18.7. The second kappa shape index (κ2) is 9.02. The summed E-state index contributed by atoms with van der Waals surface area (Å²) in [7, 11) is 1.53. The summed E-state index contributed by atoms with van der Waals surface area (Å²) in [4.78, 5) is 11.9. The van der Waals surface area contributed by atoms with Gasteiger partial charge < -0.3 is 14.8 Å². The number of carbonyl (C=O) groups is 1. The van der Waals surface area contributed by atoms with Crippen LogP contribution < -0.4 is 14.8 Å². The van der Waals surface area contributed by atoms with E-state index in [-0.39, 0.29) is 5.91 Å². The summed E-state index contributed by atoms with van der Waals surface area (Å²) in [5.74, 6) is 0.980. The summed E-state index contributed by atoms with van der Waals surface area (Å²) < 4.78 is 10.6. The molecule has 0 bridgehead atoms. The maximum Gasteiger partial charge on any atom is 0.224 e. The van der Waals surface area contributed by atoms with Gasteiger partial charge in [0.05, 0.1) is 23.8 Å². The summed E-state index contributed by atoms with van der Waals surface area (Å²) in [6.45, 7) is 0.373. The second-order valence-electron chi connectivity index (χ2n) is 4.92. The molecular formula is C17H16Cl3NO3. The number of carbonyl (C=O) groups excluding carboxylic acids is 1. The van der Waals surface area contributed by atoms with Crippen molar-refractivity contribution in [2.75, 3.05) is 19.0 Å². The van der Waals surface area contributed by atoms with Gasteiger partial charge in [0.15, 0.2) is 0 Å². The topological polar surface area (TPSA) is 47.6 Å². The fraction of sp³-hybridized carbons (Fsp3) is 0.235. The number of nitrogens with one attached hydrogen (secondary N) is 1. The molecule has 0 aliphatic carbocycles. The van der Waals surface area contributed by atoms with E-state index in [1.54, 1.807) is 36.4 Å². The minimum atomic E-state index is -0.123. The molecule has 0 atom stereocenters. The van der Waals surface area contributed by atoms with Gasteiger partial charge in [0.2, 0.25) is 5.91 Å². The molecule has 24 heavy (non-hydrogen) atoms. The third kappa shape index (κ3) is 5.48. The SMILES string of the molecule is COc1ccc(NC(=O)CCCOc2ccc(Cl)cc2Cl)cc1Cl. The van der Waals surface area contributed by atoms with E-state index in [0.29, 0.717) is 51.7 Å². The molecule has 0 aliphatic heterocycles. The highest BCUT2D eigenvalue weighted by Crippen LogP contribution is 2.28. The van der Waals surface area contributed by atoms with Gasteiger partial charge in [-0.2, -0.15) is 0 Å². The van der Waals surface area contributed by atoms with Crippen LogP contribution in [0.15, 0.2) is 36.4 Å². The van der Waals surface area contributed by atoms with Gasteiger partial charge >= 0.3 is 0 Å². The van der Waals surface area contributed by atoms with E-state index >= 15 is 0 Å². The van der Waals surface area contributed by atoms with Crippen molar-refractivity contribution in [3.05, 3.63) is 51.5 Å². The lowest BCUT2D eigenvalue weighted by atomic mass is 10.2. The van der Waals surface area contributed by atoms with Crippen molar-refractivity contribution in [1.29, 1.82) is 0 Å². The number of halogens is 3. The number of hydrogen-bond acceptors (Lipinski definition) is 3. The van der Waals surface area contributed by atoms with Crippen molar-refractivity contribution in [3.8, 4) is 11.5 Å². The Morgan fingerprint density at radius 2 is 1.75 bits per heavy atom. The van der Waals surface area contributed by atoms with E-state index < -0.39 is 0 Å². The Morgan fingerprint density at radius 1 is 1.04 bits per heavy atom. The zero-order valence-corrected chi connectivity index (χ0v) is 15.2. The quantitative estimate of drug-likeness (QED) is 0.641. The summed E-state index contributed by atoms with van der Waals surface area (Å²) in [6, 6.07) is 10.1.